The predicted molar refractivity (Wildman–Crippen MR) is 117 cm³/mol. The van der Waals surface area contributed by atoms with Crippen molar-refractivity contribution >= 4 is 22.7 Å². The molecule has 2 N–H and O–H groups in total. The minimum Gasteiger partial charge on any atom is -0.354 e. The number of para-hydroxylation sites is 1. The smallest absolute Gasteiger partial charge is 0.212 e. The molecule has 1 aliphatic heterocycles. The van der Waals surface area contributed by atoms with Crippen molar-refractivity contribution in [1.29, 1.82) is 0 Å². The molecule has 5 aromatic rings. The van der Waals surface area contributed by atoms with Gasteiger partial charge in [0.15, 0.2) is 5.82 Å². The van der Waals surface area contributed by atoms with Gasteiger partial charge in [-0.2, -0.15) is 0 Å². The van der Waals surface area contributed by atoms with Crippen molar-refractivity contribution in [3.63, 3.8) is 0 Å². The lowest BCUT2D eigenvalue weighted by atomic mass is 10.1. The number of fused-ring (bicyclic) bond motifs is 2. The molecule has 0 bridgehead atoms. The molecule has 140 valence electrons. The first-order chi connectivity index (χ1) is 14.4. The first kappa shape index (κ1) is 16.4. The lowest BCUT2D eigenvalue weighted by Crippen LogP contribution is -2.14. The first-order valence-electron chi connectivity index (χ1n) is 9.48. The molecule has 0 fully saturated rings. The molecule has 1 unspecified atom stereocenters. The van der Waals surface area contributed by atoms with Gasteiger partial charge in [-0.1, -0.05) is 90.6 Å². The van der Waals surface area contributed by atoms with Crippen molar-refractivity contribution in [2.45, 2.75) is 10.5 Å². The van der Waals surface area contributed by atoms with Crippen molar-refractivity contribution in [2.24, 2.45) is 0 Å². The Hall–Kier alpha value is -3.51. The number of hydrogen-bond acceptors (Lipinski definition) is 4. The van der Waals surface area contributed by atoms with Crippen LogP contribution in [0.25, 0.3) is 33.5 Å². The molecule has 0 aliphatic carbocycles. The summed E-state index contributed by atoms with van der Waals surface area (Å²) in [7, 11) is 0. The Labute approximate surface area is 171 Å². The van der Waals surface area contributed by atoms with E-state index in [-0.39, 0.29) is 5.37 Å². The Kier molecular flexibility index (Phi) is 3.70. The lowest BCUT2D eigenvalue weighted by Gasteiger charge is -2.14. The van der Waals surface area contributed by atoms with Crippen LogP contribution in [-0.2, 0) is 0 Å². The quantitative estimate of drug-likeness (QED) is 0.427. The van der Waals surface area contributed by atoms with Gasteiger partial charge in [0, 0.05) is 22.0 Å². The standard InChI is InChI=1S/C23H17N5S/c1-3-9-15(10-4-1)20-19(17-13-7-8-14-18(17)24-20)22-27-28-21(25-26-23(28)29-22)16-11-5-2-6-12-16/h1-14,22,24,27H. The summed E-state index contributed by atoms with van der Waals surface area (Å²) in [4.78, 5) is 3.62. The molecular weight excluding hydrogens is 378 g/mol. The topological polar surface area (TPSA) is 58.5 Å². The largest absolute Gasteiger partial charge is 0.354 e. The fraction of sp³-hybridized carbons (Fsp3) is 0.0435. The van der Waals surface area contributed by atoms with E-state index in [1.807, 2.05) is 28.9 Å². The number of nitrogens with one attached hydrogen (secondary N) is 2. The minimum absolute atomic E-state index is 0.0364. The van der Waals surface area contributed by atoms with E-state index in [1.165, 1.54) is 16.5 Å². The summed E-state index contributed by atoms with van der Waals surface area (Å²) in [6.45, 7) is 0. The van der Waals surface area contributed by atoms with Crippen molar-refractivity contribution in [3.8, 4) is 22.6 Å². The molecule has 0 spiro atoms. The molecule has 29 heavy (non-hydrogen) atoms. The molecule has 0 radical (unpaired) electrons. The van der Waals surface area contributed by atoms with Crippen molar-refractivity contribution in [1.82, 2.24) is 19.9 Å². The second-order valence-corrected chi connectivity index (χ2v) is 8.03. The number of H-pyrrole nitrogens is 1. The second-order valence-electron chi connectivity index (χ2n) is 6.96. The maximum absolute atomic E-state index is 4.42. The molecule has 0 amide bonds. The van der Waals surface area contributed by atoms with Crippen LogP contribution in [0.3, 0.4) is 0 Å². The first-order valence-corrected chi connectivity index (χ1v) is 10.4. The number of rotatable bonds is 3. The normalized spacial score (nSPS) is 15.4. The number of benzene rings is 3. The van der Waals surface area contributed by atoms with E-state index in [0.29, 0.717) is 0 Å². The SMILES string of the molecule is c1ccc(-c2[nH]c3ccccc3c2C2Nn3c(nnc3-c3ccccc3)S2)cc1. The van der Waals surface area contributed by atoms with Crippen LogP contribution in [-0.4, -0.2) is 19.9 Å². The van der Waals surface area contributed by atoms with Crippen LogP contribution in [0.2, 0.25) is 0 Å². The lowest BCUT2D eigenvalue weighted by molar-refractivity contribution is 0.794. The maximum Gasteiger partial charge on any atom is 0.212 e. The molecule has 6 rings (SSSR count). The molecule has 1 atom stereocenters. The summed E-state index contributed by atoms with van der Waals surface area (Å²) >= 11 is 1.69. The molecule has 5 nitrogen and oxygen atoms in total. The Bertz CT molecular complexity index is 1310. The third-order valence-corrected chi connectivity index (χ3v) is 6.26. The molecule has 3 heterocycles. The fourth-order valence-electron chi connectivity index (χ4n) is 3.88. The molecule has 0 saturated heterocycles. The summed E-state index contributed by atoms with van der Waals surface area (Å²) < 4.78 is 2.00. The molecule has 0 saturated carbocycles. The Morgan fingerprint density at radius 2 is 1.45 bits per heavy atom. The van der Waals surface area contributed by atoms with Crippen molar-refractivity contribution in [2.75, 3.05) is 5.43 Å². The van der Waals surface area contributed by atoms with Crippen molar-refractivity contribution in [3.05, 3.63) is 90.5 Å². The highest BCUT2D eigenvalue weighted by atomic mass is 32.2. The van der Waals surface area contributed by atoms with Crippen LogP contribution < -0.4 is 5.43 Å². The van der Waals surface area contributed by atoms with E-state index in [2.05, 4.69) is 81.3 Å². The average Bonchev–Trinajstić information content (AvgIpc) is 3.47. The van der Waals surface area contributed by atoms with Gasteiger partial charge in [0.25, 0.3) is 0 Å². The van der Waals surface area contributed by atoms with E-state index in [9.17, 15) is 0 Å². The van der Waals surface area contributed by atoms with E-state index in [4.69, 9.17) is 0 Å². The number of hydrogen-bond donors (Lipinski definition) is 2. The van der Waals surface area contributed by atoms with Gasteiger partial charge >= 0.3 is 0 Å². The predicted octanol–water partition coefficient (Wildman–Crippen LogP) is 5.44. The Morgan fingerprint density at radius 1 is 0.759 bits per heavy atom. The van der Waals surface area contributed by atoms with Gasteiger partial charge < -0.3 is 10.4 Å². The number of nitrogens with zero attached hydrogens (tertiary/aromatic N) is 3. The number of aromatic nitrogens is 4. The minimum atomic E-state index is 0.0364. The summed E-state index contributed by atoms with van der Waals surface area (Å²) in [5, 5.41) is 10.9. The van der Waals surface area contributed by atoms with Crippen LogP contribution in [0.1, 0.15) is 10.9 Å². The summed E-state index contributed by atoms with van der Waals surface area (Å²) in [5.41, 5.74) is 9.35. The molecule has 1 aliphatic rings. The van der Waals surface area contributed by atoms with E-state index in [1.54, 1.807) is 11.8 Å². The second kappa shape index (κ2) is 6.53. The fourth-order valence-corrected chi connectivity index (χ4v) is 4.94. The zero-order valence-electron chi connectivity index (χ0n) is 15.4. The highest BCUT2D eigenvalue weighted by Crippen LogP contribution is 2.46. The van der Waals surface area contributed by atoms with E-state index >= 15 is 0 Å². The van der Waals surface area contributed by atoms with Gasteiger partial charge in [0.1, 0.15) is 5.37 Å². The van der Waals surface area contributed by atoms with E-state index in [0.717, 1.165) is 27.8 Å². The van der Waals surface area contributed by atoms with Crippen LogP contribution in [0.4, 0.5) is 0 Å². The third kappa shape index (κ3) is 2.64. The van der Waals surface area contributed by atoms with Crippen LogP contribution >= 0.6 is 11.8 Å². The molecule has 3 aromatic carbocycles. The number of aromatic amines is 1. The molecular formula is C23H17N5S. The molecule has 6 heteroatoms. The number of thioether (sulfide) groups is 1. The van der Waals surface area contributed by atoms with Gasteiger partial charge in [-0.25, -0.2) is 4.68 Å². The van der Waals surface area contributed by atoms with Crippen LogP contribution in [0.15, 0.2) is 90.1 Å². The van der Waals surface area contributed by atoms with Gasteiger partial charge in [-0.3, -0.25) is 0 Å². The summed E-state index contributed by atoms with van der Waals surface area (Å²) in [6.07, 6.45) is 0. The van der Waals surface area contributed by atoms with Crippen LogP contribution in [0, 0.1) is 0 Å². The summed E-state index contributed by atoms with van der Waals surface area (Å²) in [5.74, 6) is 0.830. The van der Waals surface area contributed by atoms with Gasteiger partial charge in [-0.15, -0.1) is 10.2 Å². The average molecular weight is 395 g/mol. The van der Waals surface area contributed by atoms with Crippen LogP contribution in [0.5, 0.6) is 0 Å². The van der Waals surface area contributed by atoms with Gasteiger partial charge in [0.2, 0.25) is 5.16 Å². The zero-order valence-corrected chi connectivity index (χ0v) is 16.2. The highest BCUT2D eigenvalue weighted by Gasteiger charge is 2.32. The monoisotopic (exact) mass is 395 g/mol. The third-order valence-electron chi connectivity index (χ3n) is 5.21. The zero-order chi connectivity index (χ0) is 19.2. The Balaban J connectivity index is 1.47. The Morgan fingerprint density at radius 3 is 2.24 bits per heavy atom. The van der Waals surface area contributed by atoms with Gasteiger partial charge in [-0.05, 0) is 11.6 Å². The summed E-state index contributed by atoms with van der Waals surface area (Å²) in [6, 6.07) is 29.1. The molecule has 2 aromatic heterocycles. The van der Waals surface area contributed by atoms with Crippen molar-refractivity contribution < 1.29 is 0 Å². The van der Waals surface area contributed by atoms with Gasteiger partial charge in [0.05, 0.1) is 5.69 Å². The maximum atomic E-state index is 4.42. The highest BCUT2D eigenvalue weighted by molar-refractivity contribution is 7.99. The van der Waals surface area contributed by atoms with E-state index < -0.39 is 0 Å².